The summed E-state index contributed by atoms with van der Waals surface area (Å²) in [5.74, 6) is 0.854. The number of halogens is 1. The Morgan fingerprint density at radius 1 is 1.36 bits per heavy atom. The van der Waals surface area contributed by atoms with Gasteiger partial charge in [-0.1, -0.05) is 24.8 Å². The maximum atomic E-state index is 14.0. The largest absolute Gasteiger partial charge is 0.398 e. The van der Waals surface area contributed by atoms with E-state index in [1.54, 1.807) is 10.6 Å². The maximum Gasteiger partial charge on any atom is 0.168 e. The van der Waals surface area contributed by atoms with Crippen LogP contribution in [0.15, 0.2) is 43.1 Å². The third-order valence-electron chi connectivity index (χ3n) is 5.12. The van der Waals surface area contributed by atoms with E-state index < -0.39 is 0 Å². The molecule has 1 aliphatic heterocycles. The van der Waals surface area contributed by atoms with E-state index >= 15 is 0 Å². The minimum absolute atomic E-state index is 0.0432. The molecule has 7 heteroatoms. The molecule has 28 heavy (non-hydrogen) atoms. The molecule has 1 fully saturated rings. The van der Waals surface area contributed by atoms with Crippen LogP contribution >= 0.6 is 0 Å². The van der Waals surface area contributed by atoms with Gasteiger partial charge < -0.3 is 16.4 Å². The Morgan fingerprint density at radius 2 is 2.18 bits per heavy atom. The van der Waals surface area contributed by atoms with Gasteiger partial charge in [0.15, 0.2) is 11.5 Å². The number of benzene rings is 1. The summed E-state index contributed by atoms with van der Waals surface area (Å²) in [6.07, 6.45) is 7.72. The third-order valence-corrected chi connectivity index (χ3v) is 5.12. The molecule has 0 amide bonds. The fourth-order valence-corrected chi connectivity index (χ4v) is 3.93. The van der Waals surface area contributed by atoms with Crippen molar-refractivity contribution in [3.05, 3.63) is 65.6 Å². The first-order chi connectivity index (χ1) is 13.5. The van der Waals surface area contributed by atoms with E-state index in [0.29, 0.717) is 22.7 Å². The number of allylic oxidation sites excluding steroid dienone is 1. The van der Waals surface area contributed by atoms with Crippen molar-refractivity contribution in [3.63, 3.8) is 0 Å². The lowest BCUT2D eigenvalue weighted by atomic mass is 9.97. The van der Waals surface area contributed by atoms with Crippen molar-refractivity contribution >= 4 is 29.1 Å². The Labute approximate surface area is 163 Å². The molecule has 1 saturated heterocycles. The predicted molar refractivity (Wildman–Crippen MR) is 111 cm³/mol. The van der Waals surface area contributed by atoms with E-state index in [1.807, 2.05) is 37.4 Å². The number of anilines is 2. The molecule has 1 unspecified atom stereocenters. The standard InChI is InChI=1S/C21H23FN6/c1-3-5-14-7-8-15(22)12-16(14)17-6-4-10-27(17)18-9-11-28-21(25-18)19(13(2)23)20(24)26-28/h3,5,7-9,11-12,17H,2,4,6,10,23H2,1H3,(H2,24,26)/b5-3+. The van der Waals surface area contributed by atoms with E-state index in [4.69, 9.17) is 16.5 Å². The molecule has 4 N–H and O–H groups in total. The van der Waals surface area contributed by atoms with Crippen LogP contribution in [-0.2, 0) is 0 Å². The van der Waals surface area contributed by atoms with Gasteiger partial charge in [-0.05, 0) is 49.1 Å². The summed E-state index contributed by atoms with van der Waals surface area (Å²) in [6, 6.07) is 6.89. The Balaban J connectivity index is 1.80. The first-order valence-electron chi connectivity index (χ1n) is 9.28. The van der Waals surface area contributed by atoms with E-state index in [0.717, 1.165) is 36.3 Å². The molecule has 1 atom stereocenters. The molecule has 144 valence electrons. The monoisotopic (exact) mass is 378 g/mol. The molecule has 6 nitrogen and oxygen atoms in total. The van der Waals surface area contributed by atoms with Gasteiger partial charge in [-0.2, -0.15) is 0 Å². The van der Waals surface area contributed by atoms with Crippen molar-refractivity contribution in [2.24, 2.45) is 5.73 Å². The van der Waals surface area contributed by atoms with Gasteiger partial charge in [-0.15, -0.1) is 5.10 Å². The van der Waals surface area contributed by atoms with E-state index in [9.17, 15) is 4.39 Å². The lowest BCUT2D eigenvalue weighted by Gasteiger charge is -2.27. The number of nitrogen functional groups attached to an aromatic ring is 1. The Hall–Kier alpha value is -3.35. The number of rotatable bonds is 4. The zero-order valence-corrected chi connectivity index (χ0v) is 15.8. The molecule has 3 aromatic rings. The molecular weight excluding hydrogens is 355 g/mol. The predicted octanol–water partition coefficient (Wildman–Crippen LogP) is 3.75. The van der Waals surface area contributed by atoms with Crippen molar-refractivity contribution in [3.8, 4) is 0 Å². The molecule has 4 rings (SSSR count). The summed E-state index contributed by atoms with van der Waals surface area (Å²) in [4.78, 5) is 6.97. The molecule has 1 aromatic carbocycles. The van der Waals surface area contributed by atoms with Crippen LogP contribution in [0.5, 0.6) is 0 Å². The zero-order chi connectivity index (χ0) is 19.8. The van der Waals surface area contributed by atoms with Gasteiger partial charge in [0.05, 0.1) is 11.6 Å². The minimum Gasteiger partial charge on any atom is -0.398 e. The van der Waals surface area contributed by atoms with Gasteiger partial charge >= 0.3 is 0 Å². The van der Waals surface area contributed by atoms with Crippen molar-refractivity contribution in [1.29, 1.82) is 0 Å². The first-order valence-corrected chi connectivity index (χ1v) is 9.28. The lowest BCUT2D eigenvalue weighted by molar-refractivity contribution is 0.617. The van der Waals surface area contributed by atoms with Crippen molar-refractivity contribution < 1.29 is 4.39 Å². The van der Waals surface area contributed by atoms with Crippen LogP contribution in [0.4, 0.5) is 16.0 Å². The maximum absolute atomic E-state index is 14.0. The lowest BCUT2D eigenvalue weighted by Crippen LogP contribution is -2.24. The average Bonchev–Trinajstić information content (AvgIpc) is 3.26. The molecule has 0 aliphatic carbocycles. The smallest absolute Gasteiger partial charge is 0.168 e. The minimum atomic E-state index is -0.233. The van der Waals surface area contributed by atoms with Gasteiger partial charge in [-0.25, -0.2) is 13.9 Å². The van der Waals surface area contributed by atoms with Gasteiger partial charge in [-0.3, -0.25) is 0 Å². The van der Waals surface area contributed by atoms with Gasteiger partial charge in [0.2, 0.25) is 0 Å². The molecule has 0 spiro atoms. The Kier molecular flexibility index (Phi) is 4.50. The molecule has 0 radical (unpaired) electrons. The number of hydrogen-bond acceptors (Lipinski definition) is 5. The van der Waals surface area contributed by atoms with Gasteiger partial charge in [0.1, 0.15) is 11.6 Å². The van der Waals surface area contributed by atoms with Crippen LogP contribution in [-0.4, -0.2) is 21.1 Å². The van der Waals surface area contributed by atoms with Gasteiger partial charge in [0.25, 0.3) is 0 Å². The van der Waals surface area contributed by atoms with Crippen molar-refractivity contribution in [2.75, 3.05) is 17.2 Å². The number of aromatic nitrogens is 3. The van der Waals surface area contributed by atoms with E-state index in [1.165, 1.54) is 6.07 Å². The molecule has 0 bridgehead atoms. The van der Waals surface area contributed by atoms with Gasteiger partial charge in [0, 0.05) is 18.4 Å². The number of nitrogens with zero attached hydrogens (tertiary/aromatic N) is 4. The quantitative estimate of drug-likeness (QED) is 0.722. The van der Waals surface area contributed by atoms with E-state index in [-0.39, 0.29) is 11.9 Å². The summed E-state index contributed by atoms with van der Waals surface area (Å²) >= 11 is 0. The summed E-state index contributed by atoms with van der Waals surface area (Å²) in [6.45, 7) is 6.58. The van der Waals surface area contributed by atoms with Crippen LogP contribution in [0, 0.1) is 5.82 Å². The third kappa shape index (κ3) is 2.98. The second-order valence-corrected chi connectivity index (χ2v) is 6.96. The molecule has 3 heterocycles. The summed E-state index contributed by atoms with van der Waals surface area (Å²) in [7, 11) is 0. The topological polar surface area (TPSA) is 85.5 Å². The van der Waals surface area contributed by atoms with Crippen molar-refractivity contribution in [1.82, 2.24) is 14.6 Å². The molecule has 0 saturated carbocycles. The number of fused-ring (bicyclic) bond motifs is 1. The summed E-state index contributed by atoms with van der Waals surface area (Å²) in [5.41, 5.74) is 15.3. The normalized spacial score (nSPS) is 17.1. The van der Waals surface area contributed by atoms with Crippen LogP contribution in [0.2, 0.25) is 0 Å². The summed E-state index contributed by atoms with van der Waals surface area (Å²) < 4.78 is 15.6. The highest BCUT2D eigenvalue weighted by Gasteiger charge is 2.29. The summed E-state index contributed by atoms with van der Waals surface area (Å²) in [5, 5.41) is 4.24. The Morgan fingerprint density at radius 3 is 2.93 bits per heavy atom. The zero-order valence-electron chi connectivity index (χ0n) is 15.8. The Bertz CT molecular complexity index is 1080. The van der Waals surface area contributed by atoms with Crippen LogP contribution in [0.25, 0.3) is 17.4 Å². The fraction of sp³-hybridized carbons (Fsp3) is 0.238. The van der Waals surface area contributed by atoms with E-state index in [2.05, 4.69) is 16.6 Å². The second kappa shape index (κ2) is 6.99. The highest BCUT2D eigenvalue weighted by Crippen LogP contribution is 2.38. The molecular formula is C21H23FN6. The number of nitrogens with two attached hydrogens (primary N) is 2. The highest BCUT2D eigenvalue weighted by atomic mass is 19.1. The number of hydrogen-bond donors (Lipinski definition) is 2. The second-order valence-electron chi connectivity index (χ2n) is 6.96. The van der Waals surface area contributed by atoms with Crippen LogP contribution in [0.1, 0.15) is 42.5 Å². The highest BCUT2D eigenvalue weighted by molar-refractivity contribution is 5.81. The van der Waals surface area contributed by atoms with Crippen LogP contribution < -0.4 is 16.4 Å². The van der Waals surface area contributed by atoms with Crippen LogP contribution in [0.3, 0.4) is 0 Å². The molecule has 2 aromatic heterocycles. The fourth-order valence-electron chi connectivity index (χ4n) is 3.93. The average molecular weight is 378 g/mol. The van der Waals surface area contributed by atoms with Crippen molar-refractivity contribution in [2.45, 2.75) is 25.8 Å². The molecule has 1 aliphatic rings. The first kappa shape index (κ1) is 18.0. The SMILES string of the molecule is C=C(N)c1c(N)nn2ccc(N3CCCC3c3cc(F)ccc3/C=C/C)nc12.